The van der Waals surface area contributed by atoms with Gasteiger partial charge in [0.1, 0.15) is 5.52 Å². The highest BCUT2D eigenvalue weighted by Crippen LogP contribution is 2.18. The summed E-state index contributed by atoms with van der Waals surface area (Å²) in [5.41, 5.74) is 0.507. The van der Waals surface area contributed by atoms with Gasteiger partial charge >= 0.3 is 0 Å². The number of aromatic nitrogens is 4. The van der Waals surface area contributed by atoms with Crippen molar-refractivity contribution in [3.05, 3.63) is 6.33 Å². The zero-order valence-electron chi connectivity index (χ0n) is 10.1. The lowest BCUT2D eigenvalue weighted by Gasteiger charge is -2.18. The molecule has 0 fully saturated rings. The fraction of sp³-hybridized carbons (Fsp3) is 0.500. The van der Waals surface area contributed by atoms with E-state index < -0.39 is 5.60 Å². The monoisotopic (exact) mass is 236 g/mol. The number of H-pyrrole nitrogens is 1. The predicted octanol–water partition coefficient (Wildman–Crippen LogP) is 0.577. The second-order valence-corrected chi connectivity index (χ2v) is 4.41. The van der Waals surface area contributed by atoms with Gasteiger partial charge in [0.25, 0.3) is 0 Å². The van der Waals surface area contributed by atoms with Crippen LogP contribution in [0.2, 0.25) is 0 Å². The Labute approximate surface area is 98.7 Å². The third-order valence-corrected chi connectivity index (χ3v) is 2.20. The molecular formula is C10H16N6O. The molecule has 0 amide bonds. The molecule has 17 heavy (non-hydrogen) atoms. The normalized spacial score (nSPS) is 11.8. The largest absolute Gasteiger partial charge is 0.389 e. The number of rotatable bonds is 4. The van der Waals surface area contributed by atoms with Gasteiger partial charge in [0, 0.05) is 13.6 Å². The molecule has 0 aromatic carbocycles. The van der Waals surface area contributed by atoms with Gasteiger partial charge in [-0.15, -0.1) is 0 Å². The minimum Gasteiger partial charge on any atom is -0.389 e. The third kappa shape index (κ3) is 2.62. The molecule has 2 aromatic heterocycles. The minimum absolute atomic E-state index is 0.390. The smallest absolute Gasteiger partial charge is 0.226 e. The highest BCUT2D eigenvalue weighted by Gasteiger charge is 2.15. The molecule has 7 nitrogen and oxygen atoms in total. The average Bonchev–Trinajstić information content (AvgIpc) is 2.72. The lowest BCUT2D eigenvalue weighted by Crippen LogP contribution is -2.29. The van der Waals surface area contributed by atoms with Crippen molar-refractivity contribution in [2.24, 2.45) is 0 Å². The molecular weight excluding hydrogens is 220 g/mol. The summed E-state index contributed by atoms with van der Waals surface area (Å²) in [5, 5.41) is 15.6. The quantitative estimate of drug-likeness (QED) is 0.619. The molecule has 2 aromatic rings. The van der Waals surface area contributed by atoms with E-state index in [2.05, 4.69) is 30.6 Å². The van der Waals surface area contributed by atoms with E-state index in [9.17, 15) is 5.11 Å². The highest BCUT2D eigenvalue weighted by molar-refractivity contribution is 5.83. The Morgan fingerprint density at radius 1 is 1.41 bits per heavy atom. The Morgan fingerprint density at radius 2 is 2.18 bits per heavy atom. The van der Waals surface area contributed by atoms with Gasteiger partial charge in [-0.1, -0.05) is 0 Å². The van der Waals surface area contributed by atoms with Crippen molar-refractivity contribution in [3.63, 3.8) is 0 Å². The first-order valence-electron chi connectivity index (χ1n) is 5.35. The van der Waals surface area contributed by atoms with Crippen molar-refractivity contribution in [2.75, 3.05) is 24.2 Å². The van der Waals surface area contributed by atoms with Crippen LogP contribution in [0.15, 0.2) is 6.33 Å². The number of aromatic amines is 1. The maximum absolute atomic E-state index is 9.68. The van der Waals surface area contributed by atoms with Crippen LogP contribution in [0.3, 0.4) is 0 Å². The van der Waals surface area contributed by atoms with E-state index in [1.54, 1.807) is 27.2 Å². The maximum atomic E-state index is 9.68. The van der Waals surface area contributed by atoms with Crippen LogP contribution in [0.1, 0.15) is 13.8 Å². The molecule has 2 heterocycles. The van der Waals surface area contributed by atoms with Crippen molar-refractivity contribution in [1.82, 2.24) is 19.9 Å². The second-order valence-electron chi connectivity index (χ2n) is 4.41. The molecule has 0 spiro atoms. The molecule has 92 valence electrons. The van der Waals surface area contributed by atoms with E-state index in [1.165, 1.54) is 0 Å². The van der Waals surface area contributed by atoms with Gasteiger partial charge in [-0.3, -0.25) is 0 Å². The Balaban J connectivity index is 2.34. The van der Waals surface area contributed by atoms with Gasteiger partial charge in [-0.25, -0.2) is 4.98 Å². The van der Waals surface area contributed by atoms with Gasteiger partial charge < -0.3 is 20.7 Å². The summed E-state index contributed by atoms with van der Waals surface area (Å²) in [6.07, 6.45) is 1.56. The number of aliphatic hydroxyl groups is 1. The number of imidazole rings is 1. The van der Waals surface area contributed by atoms with Crippen molar-refractivity contribution in [2.45, 2.75) is 19.4 Å². The molecule has 4 N–H and O–H groups in total. The topological polar surface area (TPSA) is 98.8 Å². The lowest BCUT2D eigenvalue weighted by molar-refractivity contribution is 0.0944. The van der Waals surface area contributed by atoms with Crippen molar-refractivity contribution in [1.29, 1.82) is 0 Å². The molecule has 0 saturated carbocycles. The molecule has 0 unspecified atom stereocenters. The van der Waals surface area contributed by atoms with Crippen LogP contribution < -0.4 is 10.6 Å². The zero-order valence-corrected chi connectivity index (χ0v) is 10.1. The summed E-state index contributed by atoms with van der Waals surface area (Å²) in [7, 11) is 1.74. The average molecular weight is 236 g/mol. The van der Waals surface area contributed by atoms with Gasteiger partial charge in [0.05, 0.1) is 11.9 Å². The van der Waals surface area contributed by atoms with Crippen LogP contribution in [0.4, 0.5) is 11.8 Å². The number of fused-ring (bicyclic) bond motifs is 1. The van der Waals surface area contributed by atoms with Crippen molar-refractivity contribution >= 4 is 22.9 Å². The lowest BCUT2D eigenvalue weighted by atomic mass is 10.1. The number of anilines is 2. The third-order valence-electron chi connectivity index (χ3n) is 2.20. The fourth-order valence-corrected chi connectivity index (χ4v) is 1.37. The Bertz CT molecular complexity index is 515. The first-order chi connectivity index (χ1) is 7.99. The van der Waals surface area contributed by atoms with Gasteiger partial charge in [0.15, 0.2) is 11.5 Å². The summed E-state index contributed by atoms with van der Waals surface area (Å²) >= 11 is 0. The molecule has 0 saturated heterocycles. The second kappa shape index (κ2) is 4.17. The molecule has 0 aliphatic rings. The molecule has 0 atom stereocenters. The number of hydrogen-bond acceptors (Lipinski definition) is 6. The Morgan fingerprint density at radius 3 is 2.82 bits per heavy atom. The molecule has 2 rings (SSSR count). The van der Waals surface area contributed by atoms with Crippen LogP contribution in [-0.2, 0) is 0 Å². The Kier molecular flexibility index (Phi) is 2.84. The molecule has 7 heteroatoms. The standard InChI is InChI=1S/C10H16N6O/c1-10(2,17)4-12-7-6-8(14-5-13-6)16-9(11-3)15-7/h5,17H,4H2,1-3H3,(H3,11,12,13,14,15,16). The van der Waals surface area contributed by atoms with E-state index in [-0.39, 0.29) is 0 Å². The Hall–Kier alpha value is -1.89. The predicted molar refractivity (Wildman–Crippen MR) is 66.0 cm³/mol. The van der Waals surface area contributed by atoms with E-state index in [0.29, 0.717) is 24.0 Å². The number of nitrogens with zero attached hydrogens (tertiary/aromatic N) is 3. The van der Waals surface area contributed by atoms with E-state index in [1.807, 2.05) is 0 Å². The molecule has 0 bridgehead atoms. The minimum atomic E-state index is -0.808. The molecule has 0 aliphatic heterocycles. The maximum Gasteiger partial charge on any atom is 0.226 e. The van der Waals surface area contributed by atoms with Crippen LogP contribution in [0.25, 0.3) is 11.2 Å². The first-order valence-corrected chi connectivity index (χ1v) is 5.35. The number of hydrogen-bond donors (Lipinski definition) is 4. The van der Waals surface area contributed by atoms with Crippen LogP contribution in [0.5, 0.6) is 0 Å². The summed E-state index contributed by atoms with van der Waals surface area (Å²) in [4.78, 5) is 15.5. The summed E-state index contributed by atoms with van der Waals surface area (Å²) < 4.78 is 0. The van der Waals surface area contributed by atoms with Crippen LogP contribution >= 0.6 is 0 Å². The van der Waals surface area contributed by atoms with Crippen molar-refractivity contribution < 1.29 is 5.11 Å². The fourth-order valence-electron chi connectivity index (χ4n) is 1.37. The van der Waals surface area contributed by atoms with E-state index in [0.717, 1.165) is 5.52 Å². The molecule has 0 radical (unpaired) electrons. The SMILES string of the molecule is CNc1nc(NCC(C)(C)O)c2[nH]cnc2n1. The summed E-state index contributed by atoms with van der Waals surface area (Å²) in [5.74, 6) is 1.11. The van der Waals surface area contributed by atoms with E-state index in [4.69, 9.17) is 0 Å². The highest BCUT2D eigenvalue weighted by atomic mass is 16.3. The molecule has 0 aliphatic carbocycles. The van der Waals surface area contributed by atoms with Crippen LogP contribution in [0, 0.1) is 0 Å². The van der Waals surface area contributed by atoms with Gasteiger partial charge in [-0.2, -0.15) is 9.97 Å². The number of nitrogens with one attached hydrogen (secondary N) is 3. The summed E-state index contributed by atoms with van der Waals surface area (Å²) in [6.45, 7) is 3.84. The zero-order chi connectivity index (χ0) is 12.5. The first kappa shape index (κ1) is 11.6. The summed E-state index contributed by atoms with van der Waals surface area (Å²) in [6, 6.07) is 0. The van der Waals surface area contributed by atoms with Gasteiger partial charge in [-0.05, 0) is 13.8 Å². The van der Waals surface area contributed by atoms with Crippen LogP contribution in [-0.4, -0.2) is 44.2 Å². The van der Waals surface area contributed by atoms with E-state index >= 15 is 0 Å². The van der Waals surface area contributed by atoms with Crippen molar-refractivity contribution in [3.8, 4) is 0 Å². The van der Waals surface area contributed by atoms with Gasteiger partial charge in [0.2, 0.25) is 5.95 Å².